The van der Waals surface area contributed by atoms with Gasteiger partial charge in [-0.3, -0.25) is 14.9 Å². The van der Waals surface area contributed by atoms with Crippen LogP contribution in [0.2, 0.25) is 10.0 Å². The molecule has 0 saturated carbocycles. The van der Waals surface area contributed by atoms with Gasteiger partial charge >= 0.3 is 5.97 Å². The predicted molar refractivity (Wildman–Crippen MR) is 120 cm³/mol. The molecule has 0 radical (unpaired) electrons. The molecule has 0 aromatic heterocycles. The van der Waals surface area contributed by atoms with Crippen LogP contribution in [0.3, 0.4) is 0 Å². The van der Waals surface area contributed by atoms with Crippen LogP contribution in [0.4, 0.5) is 11.4 Å². The number of nitro benzene ring substituents is 1. The van der Waals surface area contributed by atoms with Gasteiger partial charge in [-0.15, -0.1) is 0 Å². The van der Waals surface area contributed by atoms with Crippen molar-refractivity contribution in [1.29, 1.82) is 0 Å². The van der Waals surface area contributed by atoms with Gasteiger partial charge in [0, 0.05) is 37.3 Å². The molecule has 3 rings (SSSR count). The van der Waals surface area contributed by atoms with Crippen LogP contribution in [0.25, 0.3) is 0 Å². The highest BCUT2D eigenvalue weighted by molar-refractivity contribution is 6.35. The SMILES string of the molecule is CCOC(=O)c1ccc(N2CCN(C(=O)COc3ccc(Cl)cc3Cl)CC2)c([N+](=O)[O-])c1. The number of amides is 1. The van der Waals surface area contributed by atoms with Gasteiger partial charge in [0.1, 0.15) is 11.4 Å². The molecule has 0 atom stereocenters. The van der Waals surface area contributed by atoms with Gasteiger partial charge < -0.3 is 19.3 Å². The van der Waals surface area contributed by atoms with Crippen LogP contribution in [-0.2, 0) is 9.53 Å². The van der Waals surface area contributed by atoms with Crippen LogP contribution in [0, 0.1) is 10.1 Å². The quantitative estimate of drug-likeness (QED) is 0.336. The number of nitrogens with zero attached hydrogens (tertiary/aromatic N) is 3. The summed E-state index contributed by atoms with van der Waals surface area (Å²) in [5.74, 6) is -0.471. The number of halogens is 2. The smallest absolute Gasteiger partial charge is 0.338 e. The topological polar surface area (TPSA) is 102 Å². The zero-order chi connectivity index (χ0) is 23.3. The summed E-state index contributed by atoms with van der Waals surface area (Å²) in [7, 11) is 0. The van der Waals surface area contributed by atoms with E-state index in [1.54, 1.807) is 24.0 Å². The standard InChI is InChI=1S/C21H21Cl2N3O6/c1-2-31-21(28)14-3-5-17(18(11-14)26(29)30)24-7-9-25(10-8-24)20(27)13-32-19-6-4-15(22)12-16(19)23/h3-6,11-12H,2,7-10,13H2,1H3. The molecular weight excluding hydrogens is 461 g/mol. The first-order valence-electron chi connectivity index (χ1n) is 9.86. The van der Waals surface area contributed by atoms with E-state index in [9.17, 15) is 19.7 Å². The second-order valence-corrected chi connectivity index (χ2v) is 7.76. The zero-order valence-corrected chi connectivity index (χ0v) is 18.8. The highest BCUT2D eigenvalue weighted by Crippen LogP contribution is 2.31. The molecular formula is C21H21Cl2N3O6. The van der Waals surface area contributed by atoms with E-state index in [0.29, 0.717) is 47.7 Å². The van der Waals surface area contributed by atoms with Crippen molar-refractivity contribution in [2.24, 2.45) is 0 Å². The lowest BCUT2D eigenvalue weighted by Crippen LogP contribution is -2.50. The highest BCUT2D eigenvalue weighted by Gasteiger charge is 2.27. The van der Waals surface area contributed by atoms with Crippen molar-refractivity contribution in [3.8, 4) is 5.75 Å². The van der Waals surface area contributed by atoms with E-state index in [1.165, 1.54) is 24.3 Å². The summed E-state index contributed by atoms with van der Waals surface area (Å²) >= 11 is 11.9. The first-order chi connectivity index (χ1) is 15.3. The molecule has 9 nitrogen and oxygen atoms in total. The Bertz CT molecular complexity index is 1020. The fraction of sp³-hybridized carbons (Fsp3) is 0.333. The van der Waals surface area contributed by atoms with Crippen molar-refractivity contribution in [3.63, 3.8) is 0 Å². The molecule has 32 heavy (non-hydrogen) atoms. The minimum atomic E-state index is -0.613. The third-order valence-corrected chi connectivity index (χ3v) is 5.43. The van der Waals surface area contributed by atoms with Crippen molar-refractivity contribution in [3.05, 3.63) is 62.1 Å². The molecule has 1 aliphatic rings. The fourth-order valence-electron chi connectivity index (χ4n) is 3.30. The molecule has 0 aliphatic carbocycles. The molecule has 0 N–H and O–H groups in total. The van der Waals surface area contributed by atoms with E-state index in [0.717, 1.165) is 0 Å². The predicted octanol–water partition coefficient (Wildman–Crippen LogP) is 3.81. The van der Waals surface area contributed by atoms with E-state index in [2.05, 4.69) is 0 Å². The van der Waals surface area contributed by atoms with Crippen molar-refractivity contribution >= 4 is 46.5 Å². The molecule has 1 saturated heterocycles. The maximum Gasteiger partial charge on any atom is 0.338 e. The van der Waals surface area contributed by atoms with Gasteiger partial charge in [-0.05, 0) is 37.3 Å². The van der Waals surface area contributed by atoms with Crippen LogP contribution in [0.1, 0.15) is 17.3 Å². The number of carbonyl (C=O) groups excluding carboxylic acids is 2. The van der Waals surface area contributed by atoms with Crippen molar-refractivity contribution < 1.29 is 24.0 Å². The number of anilines is 1. The van der Waals surface area contributed by atoms with E-state index in [1.807, 2.05) is 4.90 Å². The molecule has 0 spiro atoms. The monoisotopic (exact) mass is 481 g/mol. The van der Waals surface area contributed by atoms with Gasteiger partial charge in [0.25, 0.3) is 11.6 Å². The van der Waals surface area contributed by atoms with Gasteiger partial charge in [0.2, 0.25) is 0 Å². The third kappa shape index (κ3) is 5.60. The van der Waals surface area contributed by atoms with Crippen LogP contribution < -0.4 is 9.64 Å². The molecule has 1 heterocycles. The second-order valence-electron chi connectivity index (χ2n) is 6.91. The summed E-state index contributed by atoms with van der Waals surface area (Å²) < 4.78 is 10.4. The first kappa shape index (κ1) is 23.6. The molecule has 1 aliphatic heterocycles. The number of hydrogen-bond acceptors (Lipinski definition) is 7. The lowest BCUT2D eigenvalue weighted by atomic mass is 10.1. The maximum absolute atomic E-state index is 12.5. The summed E-state index contributed by atoms with van der Waals surface area (Å²) in [6.45, 7) is 3.19. The largest absolute Gasteiger partial charge is 0.482 e. The number of esters is 1. The normalized spacial score (nSPS) is 13.6. The van der Waals surface area contributed by atoms with E-state index >= 15 is 0 Å². The van der Waals surface area contributed by atoms with Crippen LogP contribution >= 0.6 is 23.2 Å². The number of ether oxygens (including phenoxy) is 2. The van der Waals surface area contributed by atoms with Gasteiger partial charge in [0.15, 0.2) is 6.61 Å². The summed E-state index contributed by atoms with van der Waals surface area (Å²) in [6.07, 6.45) is 0. The summed E-state index contributed by atoms with van der Waals surface area (Å²) in [6, 6.07) is 8.99. The Labute approximate surface area is 194 Å². The minimum Gasteiger partial charge on any atom is -0.482 e. The Morgan fingerprint density at radius 2 is 1.81 bits per heavy atom. The van der Waals surface area contributed by atoms with Crippen LogP contribution in [-0.4, -0.2) is 61.1 Å². The Hall–Kier alpha value is -3.04. The zero-order valence-electron chi connectivity index (χ0n) is 17.3. The van der Waals surface area contributed by atoms with Gasteiger partial charge in [-0.1, -0.05) is 23.2 Å². The van der Waals surface area contributed by atoms with Crippen LogP contribution in [0.15, 0.2) is 36.4 Å². The van der Waals surface area contributed by atoms with Crippen molar-refractivity contribution in [2.45, 2.75) is 6.92 Å². The molecule has 2 aromatic rings. The summed E-state index contributed by atoms with van der Waals surface area (Å²) in [4.78, 5) is 38.9. The molecule has 2 aromatic carbocycles. The van der Waals surface area contributed by atoms with E-state index in [4.69, 9.17) is 32.7 Å². The maximum atomic E-state index is 12.5. The Morgan fingerprint density at radius 3 is 2.44 bits per heavy atom. The van der Waals surface area contributed by atoms with Gasteiger partial charge in [-0.25, -0.2) is 4.79 Å². The fourth-order valence-corrected chi connectivity index (χ4v) is 3.76. The molecule has 1 fully saturated rings. The summed E-state index contributed by atoms with van der Waals surface area (Å²) in [5.41, 5.74) is 0.324. The lowest BCUT2D eigenvalue weighted by Gasteiger charge is -2.35. The van der Waals surface area contributed by atoms with Crippen molar-refractivity contribution in [1.82, 2.24) is 4.90 Å². The van der Waals surface area contributed by atoms with Crippen LogP contribution in [0.5, 0.6) is 5.75 Å². The van der Waals surface area contributed by atoms with Gasteiger partial charge in [0.05, 0.1) is 22.1 Å². The molecule has 1 amide bonds. The minimum absolute atomic E-state index is 0.120. The average Bonchev–Trinajstić information content (AvgIpc) is 2.78. The Kier molecular flexibility index (Phi) is 7.76. The van der Waals surface area contributed by atoms with Gasteiger partial charge in [-0.2, -0.15) is 0 Å². The number of hydrogen-bond donors (Lipinski definition) is 0. The number of benzene rings is 2. The third-order valence-electron chi connectivity index (χ3n) is 4.90. The number of piperazine rings is 1. The molecule has 11 heteroatoms. The average molecular weight is 482 g/mol. The Morgan fingerprint density at radius 1 is 1.09 bits per heavy atom. The molecule has 0 bridgehead atoms. The highest BCUT2D eigenvalue weighted by atomic mass is 35.5. The Balaban J connectivity index is 1.61. The molecule has 0 unspecified atom stereocenters. The summed E-state index contributed by atoms with van der Waals surface area (Å²) in [5, 5.41) is 12.3. The molecule has 170 valence electrons. The number of nitro groups is 1. The second kappa shape index (κ2) is 10.5. The lowest BCUT2D eigenvalue weighted by molar-refractivity contribution is -0.384. The first-order valence-corrected chi connectivity index (χ1v) is 10.6. The van der Waals surface area contributed by atoms with E-state index < -0.39 is 10.9 Å². The van der Waals surface area contributed by atoms with E-state index in [-0.39, 0.29) is 30.4 Å². The number of rotatable bonds is 7. The number of carbonyl (C=O) groups is 2. The van der Waals surface area contributed by atoms with Crippen molar-refractivity contribution in [2.75, 3.05) is 44.3 Å².